The van der Waals surface area contributed by atoms with E-state index in [1.807, 2.05) is 0 Å². The summed E-state index contributed by atoms with van der Waals surface area (Å²) in [6, 6.07) is 10.8. The molecule has 0 saturated carbocycles. The maximum atomic E-state index is 12.4. The number of sulfonamides is 1. The van der Waals surface area contributed by atoms with Gasteiger partial charge in [0.2, 0.25) is 15.9 Å². The van der Waals surface area contributed by atoms with E-state index in [0.717, 1.165) is 9.87 Å². The van der Waals surface area contributed by atoms with Crippen LogP contribution in [-0.4, -0.2) is 45.2 Å². The zero-order chi connectivity index (χ0) is 21.2. The highest BCUT2D eigenvalue weighted by Crippen LogP contribution is 2.29. The first-order valence-corrected chi connectivity index (χ1v) is 10.5. The molecule has 2 amide bonds. The number of hydrogen-bond donors (Lipinski definition) is 2. The van der Waals surface area contributed by atoms with Crippen molar-refractivity contribution in [1.29, 1.82) is 0 Å². The first kappa shape index (κ1) is 21.1. The van der Waals surface area contributed by atoms with Gasteiger partial charge in [0, 0.05) is 24.7 Å². The van der Waals surface area contributed by atoms with Crippen LogP contribution in [0.5, 0.6) is 5.75 Å². The zero-order valence-electron chi connectivity index (χ0n) is 15.8. The van der Waals surface area contributed by atoms with Gasteiger partial charge in [-0.05, 0) is 48.4 Å². The molecule has 1 aliphatic rings. The molecule has 10 heteroatoms. The van der Waals surface area contributed by atoms with Gasteiger partial charge in [-0.2, -0.15) is 0 Å². The van der Waals surface area contributed by atoms with Gasteiger partial charge in [-0.15, -0.1) is 0 Å². The molecule has 3 rings (SSSR count). The van der Waals surface area contributed by atoms with Crippen molar-refractivity contribution in [3.8, 4) is 5.75 Å². The third-order valence-electron chi connectivity index (χ3n) is 4.47. The molecular weight excluding hydrogens is 418 g/mol. The minimum atomic E-state index is -3.67. The van der Waals surface area contributed by atoms with Crippen LogP contribution in [0.1, 0.15) is 15.9 Å². The summed E-state index contributed by atoms with van der Waals surface area (Å²) in [7, 11) is -0.869. The molecule has 0 aromatic heterocycles. The molecule has 1 aliphatic heterocycles. The number of amides is 2. The number of rotatable bonds is 4. The molecule has 0 radical (unpaired) electrons. The Kier molecular flexibility index (Phi) is 6.11. The normalized spacial score (nSPS) is 15.9. The molecule has 0 saturated heterocycles. The van der Waals surface area contributed by atoms with Crippen LogP contribution in [0.2, 0.25) is 5.02 Å². The predicted octanol–water partition coefficient (Wildman–Crippen LogP) is 1.60. The molecule has 2 aromatic rings. The summed E-state index contributed by atoms with van der Waals surface area (Å²) in [6.45, 7) is 0.174. The first-order valence-electron chi connectivity index (χ1n) is 8.72. The summed E-state index contributed by atoms with van der Waals surface area (Å²) in [5, 5.41) is 0.550. The fourth-order valence-corrected chi connectivity index (χ4v) is 3.98. The summed E-state index contributed by atoms with van der Waals surface area (Å²) < 4.78 is 31.0. The maximum absolute atomic E-state index is 12.4. The van der Waals surface area contributed by atoms with Gasteiger partial charge in [0.15, 0.2) is 0 Å². The molecule has 0 aliphatic carbocycles. The molecule has 154 valence electrons. The Morgan fingerprint density at radius 3 is 2.62 bits per heavy atom. The van der Waals surface area contributed by atoms with Crippen molar-refractivity contribution in [2.24, 2.45) is 5.92 Å². The summed E-state index contributed by atoms with van der Waals surface area (Å²) in [4.78, 5) is 24.7. The Balaban J connectivity index is 1.63. The maximum Gasteiger partial charge on any atom is 0.269 e. The monoisotopic (exact) mass is 437 g/mol. The standard InChI is InChI=1S/C19H20ClN3O5S/c1-23(2)29(26,27)16-5-3-4-12(10-16)18(24)21-22-19(25)14-8-13-9-15(20)6-7-17(13)28-11-14/h3-7,9-10,14H,8,11H2,1-2H3,(H,21,24)(H,22,25). The lowest BCUT2D eigenvalue weighted by Crippen LogP contribution is -2.47. The van der Waals surface area contributed by atoms with Crippen LogP contribution in [0.4, 0.5) is 0 Å². The number of ether oxygens (including phenoxy) is 1. The number of hydrazine groups is 1. The van der Waals surface area contributed by atoms with E-state index in [9.17, 15) is 18.0 Å². The van der Waals surface area contributed by atoms with Crippen LogP contribution in [0, 0.1) is 5.92 Å². The summed E-state index contributed by atoms with van der Waals surface area (Å²) in [5.74, 6) is -0.863. The summed E-state index contributed by atoms with van der Waals surface area (Å²) in [6.07, 6.45) is 0.425. The van der Waals surface area contributed by atoms with Crippen LogP contribution in [-0.2, 0) is 21.2 Å². The third kappa shape index (κ3) is 4.69. The predicted molar refractivity (Wildman–Crippen MR) is 107 cm³/mol. The quantitative estimate of drug-likeness (QED) is 0.707. The highest BCUT2D eigenvalue weighted by atomic mass is 35.5. The van der Waals surface area contributed by atoms with Gasteiger partial charge in [-0.1, -0.05) is 17.7 Å². The fraction of sp³-hybridized carbons (Fsp3) is 0.263. The van der Waals surface area contributed by atoms with Gasteiger partial charge in [0.05, 0.1) is 10.8 Å². The van der Waals surface area contributed by atoms with E-state index in [1.54, 1.807) is 18.2 Å². The minimum absolute atomic E-state index is 0.0179. The second-order valence-electron chi connectivity index (χ2n) is 6.72. The van der Waals surface area contributed by atoms with Crippen molar-refractivity contribution >= 4 is 33.4 Å². The number of benzene rings is 2. The Labute approximate surface area is 173 Å². The topological polar surface area (TPSA) is 105 Å². The largest absolute Gasteiger partial charge is 0.492 e. The molecule has 1 heterocycles. The Morgan fingerprint density at radius 2 is 1.90 bits per heavy atom. The van der Waals surface area contributed by atoms with Gasteiger partial charge in [0.1, 0.15) is 12.4 Å². The SMILES string of the molecule is CN(C)S(=O)(=O)c1cccc(C(=O)NNC(=O)C2COc3ccc(Cl)cc3C2)c1. The van der Waals surface area contributed by atoms with Crippen LogP contribution >= 0.6 is 11.6 Å². The van der Waals surface area contributed by atoms with E-state index < -0.39 is 27.8 Å². The second kappa shape index (κ2) is 8.40. The second-order valence-corrected chi connectivity index (χ2v) is 9.31. The van der Waals surface area contributed by atoms with Crippen molar-refractivity contribution in [3.63, 3.8) is 0 Å². The van der Waals surface area contributed by atoms with Crippen molar-refractivity contribution in [1.82, 2.24) is 15.2 Å². The highest BCUT2D eigenvalue weighted by molar-refractivity contribution is 7.89. The lowest BCUT2D eigenvalue weighted by molar-refractivity contribution is -0.127. The average Bonchev–Trinajstić information content (AvgIpc) is 2.71. The molecule has 8 nitrogen and oxygen atoms in total. The molecular formula is C19H20ClN3O5S. The number of hydrogen-bond acceptors (Lipinski definition) is 5. The van der Waals surface area contributed by atoms with E-state index in [0.29, 0.717) is 17.2 Å². The van der Waals surface area contributed by atoms with Crippen LogP contribution in [0.15, 0.2) is 47.4 Å². The van der Waals surface area contributed by atoms with Crippen LogP contribution < -0.4 is 15.6 Å². The number of fused-ring (bicyclic) bond motifs is 1. The molecule has 0 bridgehead atoms. The van der Waals surface area contributed by atoms with E-state index >= 15 is 0 Å². The van der Waals surface area contributed by atoms with Gasteiger partial charge in [0.25, 0.3) is 5.91 Å². The molecule has 0 fully saturated rings. The Bertz CT molecular complexity index is 1060. The average molecular weight is 438 g/mol. The van der Waals surface area contributed by atoms with E-state index in [4.69, 9.17) is 16.3 Å². The fourth-order valence-electron chi connectivity index (χ4n) is 2.83. The third-order valence-corrected chi connectivity index (χ3v) is 6.52. The van der Waals surface area contributed by atoms with Gasteiger partial charge < -0.3 is 4.74 Å². The van der Waals surface area contributed by atoms with Gasteiger partial charge in [-0.25, -0.2) is 12.7 Å². The van der Waals surface area contributed by atoms with Crippen molar-refractivity contribution in [2.45, 2.75) is 11.3 Å². The number of nitrogens with one attached hydrogen (secondary N) is 2. The molecule has 2 N–H and O–H groups in total. The highest BCUT2D eigenvalue weighted by Gasteiger charge is 2.27. The van der Waals surface area contributed by atoms with Gasteiger partial charge in [-0.3, -0.25) is 20.4 Å². The van der Waals surface area contributed by atoms with Crippen molar-refractivity contribution in [3.05, 3.63) is 58.6 Å². The van der Waals surface area contributed by atoms with Crippen LogP contribution in [0.3, 0.4) is 0 Å². The van der Waals surface area contributed by atoms with E-state index in [-0.39, 0.29) is 17.1 Å². The number of halogens is 1. The summed E-state index contributed by atoms with van der Waals surface area (Å²) in [5.41, 5.74) is 5.60. The van der Waals surface area contributed by atoms with Crippen LogP contribution in [0.25, 0.3) is 0 Å². The Hall–Kier alpha value is -2.62. The number of carbonyl (C=O) groups excluding carboxylic acids is 2. The molecule has 2 aromatic carbocycles. The smallest absolute Gasteiger partial charge is 0.269 e. The lowest BCUT2D eigenvalue weighted by Gasteiger charge is -2.24. The van der Waals surface area contributed by atoms with E-state index in [2.05, 4.69) is 10.9 Å². The van der Waals surface area contributed by atoms with Crippen molar-refractivity contribution < 1.29 is 22.7 Å². The lowest BCUT2D eigenvalue weighted by atomic mass is 9.96. The first-order chi connectivity index (χ1) is 13.7. The number of nitrogens with zero attached hydrogens (tertiary/aromatic N) is 1. The molecule has 1 atom stereocenters. The van der Waals surface area contributed by atoms with E-state index in [1.165, 1.54) is 38.4 Å². The Morgan fingerprint density at radius 1 is 1.14 bits per heavy atom. The van der Waals surface area contributed by atoms with Crippen molar-refractivity contribution in [2.75, 3.05) is 20.7 Å². The molecule has 29 heavy (non-hydrogen) atoms. The summed E-state index contributed by atoms with van der Waals surface area (Å²) >= 11 is 5.98. The zero-order valence-corrected chi connectivity index (χ0v) is 17.4. The molecule has 0 spiro atoms. The molecule has 1 unspecified atom stereocenters. The van der Waals surface area contributed by atoms with Gasteiger partial charge >= 0.3 is 0 Å². The number of carbonyl (C=O) groups is 2. The minimum Gasteiger partial charge on any atom is -0.492 e.